The molecule has 1 amide bonds. The first kappa shape index (κ1) is 21.2. The van der Waals surface area contributed by atoms with Crippen LogP contribution in [0.1, 0.15) is 18.3 Å². The molecule has 3 aromatic rings. The maximum atomic E-state index is 12.9. The SMILES string of the molecule is CCN(CC1COc2ccccc2O1)C(=O)CSc1nnc(C)n1-c1ccc(C)cc1. The van der Waals surface area contributed by atoms with E-state index < -0.39 is 0 Å². The van der Waals surface area contributed by atoms with Gasteiger partial charge in [-0.3, -0.25) is 9.36 Å². The predicted octanol–water partition coefficient (Wildman–Crippen LogP) is 3.66. The van der Waals surface area contributed by atoms with Crippen LogP contribution in [0.15, 0.2) is 53.7 Å². The summed E-state index contributed by atoms with van der Waals surface area (Å²) in [6, 6.07) is 15.8. The van der Waals surface area contributed by atoms with Crippen LogP contribution >= 0.6 is 11.8 Å². The number of fused-ring (bicyclic) bond motifs is 1. The number of nitrogens with zero attached hydrogens (tertiary/aromatic N) is 4. The highest BCUT2D eigenvalue weighted by atomic mass is 32.2. The smallest absolute Gasteiger partial charge is 0.233 e. The van der Waals surface area contributed by atoms with Gasteiger partial charge in [-0.15, -0.1) is 10.2 Å². The molecule has 0 fully saturated rings. The van der Waals surface area contributed by atoms with Gasteiger partial charge in [-0.25, -0.2) is 0 Å². The van der Waals surface area contributed by atoms with Crippen molar-refractivity contribution in [3.05, 3.63) is 59.9 Å². The minimum atomic E-state index is -0.192. The van der Waals surface area contributed by atoms with E-state index in [4.69, 9.17) is 9.47 Å². The number of carbonyl (C=O) groups is 1. The van der Waals surface area contributed by atoms with Gasteiger partial charge >= 0.3 is 0 Å². The van der Waals surface area contributed by atoms with Crippen LogP contribution in [0.2, 0.25) is 0 Å². The van der Waals surface area contributed by atoms with E-state index in [-0.39, 0.29) is 17.8 Å². The van der Waals surface area contributed by atoms with Crippen LogP contribution in [0, 0.1) is 13.8 Å². The Kier molecular flexibility index (Phi) is 6.46. The van der Waals surface area contributed by atoms with E-state index in [1.165, 1.54) is 17.3 Å². The fourth-order valence-corrected chi connectivity index (χ4v) is 4.35. The maximum Gasteiger partial charge on any atom is 0.233 e. The fourth-order valence-electron chi connectivity index (χ4n) is 3.45. The third-order valence-electron chi connectivity index (χ3n) is 5.14. The number of likely N-dealkylation sites (N-methyl/N-ethyl adjacent to an activating group) is 1. The van der Waals surface area contributed by atoms with E-state index >= 15 is 0 Å². The van der Waals surface area contributed by atoms with Crippen molar-refractivity contribution < 1.29 is 14.3 Å². The number of hydrogen-bond acceptors (Lipinski definition) is 6. The zero-order valence-corrected chi connectivity index (χ0v) is 18.8. The normalized spacial score (nSPS) is 15.0. The third kappa shape index (κ3) is 4.85. The average molecular weight is 439 g/mol. The molecular formula is C23H26N4O3S. The van der Waals surface area contributed by atoms with Gasteiger partial charge in [-0.1, -0.05) is 41.6 Å². The third-order valence-corrected chi connectivity index (χ3v) is 6.05. The topological polar surface area (TPSA) is 69.5 Å². The number of carbonyl (C=O) groups excluding carboxylic acids is 1. The summed E-state index contributed by atoms with van der Waals surface area (Å²) < 4.78 is 13.8. The van der Waals surface area contributed by atoms with Crippen LogP contribution in [0.4, 0.5) is 0 Å². The molecule has 1 aromatic heterocycles. The number of benzene rings is 2. The number of aryl methyl sites for hydroxylation is 2. The second kappa shape index (κ2) is 9.43. The Balaban J connectivity index is 1.39. The van der Waals surface area contributed by atoms with Gasteiger partial charge in [0.2, 0.25) is 5.91 Å². The molecule has 2 aromatic carbocycles. The zero-order valence-electron chi connectivity index (χ0n) is 17.9. The molecule has 0 saturated heterocycles. The van der Waals surface area contributed by atoms with E-state index in [1.54, 1.807) is 4.90 Å². The Morgan fingerprint density at radius 3 is 2.61 bits per heavy atom. The van der Waals surface area contributed by atoms with Gasteiger partial charge in [0, 0.05) is 12.2 Å². The van der Waals surface area contributed by atoms with Crippen LogP contribution in [0.25, 0.3) is 5.69 Å². The van der Waals surface area contributed by atoms with Crippen molar-refractivity contribution in [3.8, 4) is 17.2 Å². The van der Waals surface area contributed by atoms with Crippen LogP contribution in [-0.4, -0.2) is 57.1 Å². The summed E-state index contributed by atoms with van der Waals surface area (Å²) in [5.41, 5.74) is 2.18. The van der Waals surface area contributed by atoms with E-state index in [1.807, 2.05) is 54.8 Å². The van der Waals surface area contributed by atoms with Gasteiger partial charge in [0.25, 0.3) is 0 Å². The molecule has 1 atom stereocenters. The van der Waals surface area contributed by atoms with Crippen molar-refractivity contribution >= 4 is 17.7 Å². The van der Waals surface area contributed by atoms with Crippen LogP contribution in [0.3, 0.4) is 0 Å². The van der Waals surface area contributed by atoms with Crippen molar-refractivity contribution in [2.24, 2.45) is 0 Å². The number of thioether (sulfide) groups is 1. The van der Waals surface area contributed by atoms with Crippen molar-refractivity contribution in [3.63, 3.8) is 0 Å². The number of ether oxygens (including phenoxy) is 2. The van der Waals surface area contributed by atoms with Crippen molar-refractivity contribution in [2.75, 3.05) is 25.4 Å². The van der Waals surface area contributed by atoms with E-state index in [9.17, 15) is 4.79 Å². The highest BCUT2D eigenvalue weighted by molar-refractivity contribution is 7.99. The lowest BCUT2D eigenvalue weighted by atomic mass is 10.2. The molecule has 7 nitrogen and oxygen atoms in total. The first-order chi connectivity index (χ1) is 15.0. The summed E-state index contributed by atoms with van der Waals surface area (Å²) in [5.74, 6) is 2.57. The Hall–Kier alpha value is -3.00. The minimum Gasteiger partial charge on any atom is -0.486 e. The second-order valence-corrected chi connectivity index (χ2v) is 8.36. The largest absolute Gasteiger partial charge is 0.486 e. The summed E-state index contributed by atoms with van der Waals surface area (Å²) in [4.78, 5) is 14.7. The molecule has 162 valence electrons. The average Bonchev–Trinajstić information content (AvgIpc) is 3.16. The van der Waals surface area contributed by atoms with Crippen molar-refractivity contribution in [1.82, 2.24) is 19.7 Å². The first-order valence-corrected chi connectivity index (χ1v) is 11.3. The number of rotatable bonds is 7. The molecule has 0 N–H and O–H groups in total. The van der Waals surface area contributed by atoms with Crippen LogP contribution in [-0.2, 0) is 4.79 Å². The summed E-state index contributed by atoms with van der Waals surface area (Å²) in [7, 11) is 0. The maximum absolute atomic E-state index is 12.9. The van der Waals surface area contributed by atoms with Crippen LogP contribution < -0.4 is 9.47 Å². The predicted molar refractivity (Wildman–Crippen MR) is 120 cm³/mol. The molecule has 4 rings (SSSR count). The van der Waals surface area contributed by atoms with E-state index in [0.717, 1.165) is 23.0 Å². The standard InChI is InChI=1S/C23H26N4O3S/c1-4-26(13-19-14-29-20-7-5-6-8-21(20)30-19)22(28)15-31-23-25-24-17(3)27(23)18-11-9-16(2)10-12-18/h5-12,19H,4,13-15H2,1-3H3. The van der Waals surface area contributed by atoms with Gasteiger partial charge in [0.05, 0.1) is 12.3 Å². The molecule has 2 heterocycles. The Bertz CT molecular complexity index is 1050. The van der Waals surface area contributed by atoms with Gasteiger partial charge in [-0.05, 0) is 45.0 Å². The fraction of sp³-hybridized carbons (Fsp3) is 0.348. The Morgan fingerprint density at radius 2 is 1.87 bits per heavy atom. The Morgan fingerprint density at radius 1 is 1.13 bits per heavy atom. The number of para-hydroxylation sites is 2. The monoisotopic (exact) mass is 438 g/mol. The number of hydrogen-bond donors (Lipinski definition) is 0. The molecule has 0 aliphatic carbocycles. The molecule has 1 unspecified atom stereocenters. The van der Waals surface area contributed by atoms with Gasteiger partial charge < -0.3 is 14.4 Å². The number of aromatic nitrogens is 3. The van der Waals surface area contributed by atoms with E-state index in [2.05, 4.69) is 29.3 Å². The highest BCUT2D eigenvalue weighted by Gasteiger charge is 2.25. The highest BCUT2D eigenvalue weighted by Crippen LogP contribution is 2.31. The van der Waals surface area contributed by atoms with Gasteiger partial charge in [-0.2, -0.15) is 0 Å². The zero-order chi connectivity index (χ0) is 21.8. The molecule has 1 aliphatic rings. The Labute approximate surface area is 186 Å². The summed E-state index contributed by atoms with van der Waals surface area (Å²) >= 11 is 1.40. The van der Waals surface area contributed by atoms with Gasteiger partial charge in [0.15, 0.2) is 22.8 Å². The van der Waals surface area contributed by atoms with Crippen molar-refractivity contribution in [1.29, 1.82) is 0 Å². The second-order valence-electron chi connectivity index (χ2n) is 7.42. The number of amides is 1. The molecular weight excluding hydrogens is 412 g/mol. The molecule has 0 spiro atoms. The lowest BCUT2D eigenvalue weighted by molar-refractivity contribution is -0.129. The quantitative estimate of drug-likeness (QED) is 0.525. The lowest BCUT2D eigenvalue weighted by Gasteiger charge is -2.30. The van der Waals surface area contributed by atoms with Gasteiger partial charge in [0.1, 0.15) is 12.4 Å². The molecule has 0 bridgehead atoms. The first-order valence-electron chi connectivity index (χ1n) is 10.3. The minimum absolute atomic E-state index is 0.0334. The van der Waals surface area contributed by atoms with E-state index in [0.29, 0.717) is 24.9 Å². The summed E-state index contributed by atoms with van der Waals surface area (Å²) in [6.45, 7) is 7.44. The molecule has 0 radical (unpaired) electrons. The molecule has 8 heteroatoms. The van der Waals surface area contributed by atoms with Crippen LogP contribution in [0.5, 0.6) is 11.5 Å². The molecule has 31 heavy (non-hydrogen) atoms. The lowest BCUT2D eigenvalue weighted by Crippen LogP contribution is -2.44. The van der Waals surface area contributed by atoms with Crippen molar-refractivity contribution in [2.45, 2.75) is 32.0 Å². The molecule has 0 saturated carbocycles. The summed E-state index contributed by atoms with van der Waals surface area (Å²) in [6.07, 6.45) is -0.192. The molecule has 1 aliphatic heterocycles. The summed E-state index contributed by atoms with van der Waals surface area (Å²) in [5, 5.41) is 9.18.